The summed E-state index contributed by atoms with van der Waals surface area (Å²) in [7, 11) is 0. The summed E-state index contributed by atoms with van der Waals surface area (Å²) in [5, 5.41) is 19.9. The number of aromatic hydroxyl groups is 1. The number of hydrogen-bond acceptors (Lipinski definition) is 4. The van der Waals surface area contributed by atoms with Gasteiger partial charge in [0.25, 0.3) is 0 Å². The second kappa shape index (κ2) is 6.85. The van der Waals surface area contributed by atoms with Crippen LogP contribution in [0.15, 0.2) is 60.9 Å². The molecule has 0 fully saturated rings. The zero-order valence-electron chi connectivity index (χ0n) is 14.7. The highest BCUT2D eigenvalue weighted by Gasteiger charge is 2.13. The van der Waals surface area contributed by atoms with Gasteiger partial charge >= 0.3 is 0 Å². The Morgan fingerprint density at radius 1 is 1.11 bits per heavy atom. The van der Waals surface area contributed by atoms with E-state index in [1.165, 1.54) is 6.07 Å². The van der Waals surface area contributed by atoms with Crippen molar-refractivity contribution in [1.29, 1.82) is 5.26 Å². The average Bonchev–Trinajstić information content (AvgIpc) is 3.12. The molecule has 4 aromatic rings. The molecule has 0 bridgehead atoms. The lowest BCUT2D eigenvalue weighted by molar-refractivity contribution is 0.341. The van der Waals surface area contributed by atoms with Gasteiger partial charge in [-0.3, -0.25) is 0 Å². The molecule has 0 unspecified atom stereocenters. The van der Waals surface area contributed by atoms with E-state index >= 15 is 0 Å². The van der Waals surface area contributed by atoms with E-state index in [4.69, 9.17) is 10.00 Å². The Labute approximate surface area is 156 Å². The van der Waals surface area contributed by atoms with Crippen molar-refractivity contribution in [2.75, 3.05) is 6.61 Å². The number of aromatic nitrogens is 2. The first-order chi connectivity index (χ1) is 13.2. The van der Waals surface area contributed by atoms with E-state index in [2.05, 4.69) is 9.97 Å². The Balaban J connectivity index is 1.87. The first-order valence-corrected chi connectivity index (χ1v) is 8.64. The number of phenols is 1. The van der Waals surface area contributed by atoms with Crippen LogP contribution in [0.4, 0.5) is 0 Å². The molecule has 0 radical (unpaired) electrons. The van der Waals surface area contributed by atoms with Gasteiger partial charge in [0.05, 0.1) is 12.2 Å². The van der Waals surface area contributed by atoms with Crippen LogP contribution in [0.1, 0.15) is 12.5 Å². The van der Waals surface area contributed by atoms with Crippen LogP contribution >= 0.6 is 0 Å². The summed E-state index contributed by atoms with van der Waals surface area (Å²) < 4.78 is 5.77. The normalized spacial score (nSPS) is 10.7. The van der Waals surface area contributed by atoms with Crippen LogP contribution in [0.3, 0.4) is 0 Å². The van der Waals surface area contributed by atoms with E-state index in [1.54, 1.807) is 18.3 Å². The van der Waals surface area contributed by atoms with Gasteiger partial charge in [0.1, 0.15) is 23.2 Å². The van der Waals surface area contributed by atoms with Crippen LogP contribution in [0.2, 0.25) is 0 Å². The predicted octanol–water partition coefficient (Wildman–Crippen LogP) is 4.87. The van der Waals surface area contributed by atoms with Gasteiger partial charge in [0.2, 0.25) is 0 Å². The number of H-pyrrole nitrogens is 1. The molecule has 0 aliphatic carbocycles. The minimum Gasteiger partial charge on any atom is -0.507 e. The standard InChI is InChI=1S/C22H17N3O2/c1-2-27-21-6-4-3-5-17(21)19-13-25-22-18(19)10-16(12-24-22)14-7-8-20(26)15(9-14)11-23/h3-10,12-13,26H,2H2,1H3,(H,24,25). The summed E-state index contributed by atoms with van der Waals surface area (Å²) in [6.07, 6.45) is 3.68. The Morgan fingerprint density at radius 2 is 1.96 bits per heavy atom. The maximum Gasteiger partial charge on any atom is 0.137 e. The van der Waals surface area contributed by atoms with Gasteiger partial charge in [-0.25, -0.2) is 4.98 Å². The highest BCUT2D eigenvalue weighted by atomic mass is 16.5. The average molecular weight is 355 g/mol. The Kier molecular flexibility index (Phi) is 4.23. The molecule has 0 atom stereocenters. The SMILES string of the molecule is CCOc1ccccc1-c1c[nH]c2ncc(-c3ccc(O)c(C#N)c3)cc12. The number of aromatic amines is 1. The Hall–Kier alpha value is -3.78. The number of para-hydroxylation sites is 1. The lowest BCUT2D eigenvalue weighted by Gasteiger charge is -2.09. The van der Waals surface area contributed by atoms with Crippen LogP contribution in [0, 0.1) is 11.3 Å². The smallest absolute Gasteiger partial charge is 0.137 e. The maximum absolute atomic E-state index is 9.74. The van der Waals surface area contributed by atoms with Crippen molar-refractivity contribution >= 4 is 11.0 Å². The van der Waals surface area contributed by atoms with Gasteiger partial charge in [-0.1, -0.05) is 24.3 Å². The predicted molar refractivity (Wildman–Crippen MR) is 105 cm³/mol. The topological polar surface area (TPSA) is 81.9 Å². The number of fused-ring (bicyclic) bond motifs is 1. The highest BCUT2D eigenvalue weighted by Crippen LogP contribution is 2.36. The molecule has 4 rings (SSSR count). The van der Waals surface area contributed by atoms with E-state index in [0.29, 0.717) is 6.61 Å². The number of nitrogens with one attached hydrogen (secondary N) is 1. The van der Waals surface area contributed by atoms with Gasteiger partial charge in [-0.15, -0.1) is 0 Å². The van der Waals surface area contributed by atoms with Gasteiger partial charge in [-0.05, 0) is 36.8 Å². The number of ether oxygens (including phenoxy) is 1. The minimum atomic E-state index is -0.0248. The summed E-state index contributed by atoms with van der Waals surface area (Å²) in [5.74, 6) is 0.797. The van der Waals surface area contributed by atoms with Crippen LogP contribution in [-0.4, -0.2) is 21.7 Å². The first-order valence-electron chi connectivity index (χ1n) is 8.64. The fourth-order valence-electron chi connectivity index (χ4n) is 3.16. The fraction of sp³-hybridized carbons (Fsp3) is 0.0909. The third-order valence-electron chi connectivity index (χ3n) is 4.46. The number of pyridine rings is 1. The second-order valence-electron chi connectivity index (χ2n) is 6.10. The van der Waals surface area contributed by atoms with Crippen LogP contribution in [-0.2, 0) is 0 Å². The summed E-state index contributed by atoms with van der Waals surface area (Å²) in [4.78, 5) is 7.72. The van der Waals surface area contributed by atoms with Crippen molar-refractivity contribution in [2.24, 2.45) is 0 Å². The molecular formula is C22H17N3O2. The number of nitriles is 1. The lowest BCUT2D eigenvalue weighted by Crippen LogP contribution is -1.93. The Bertz CT molecular complexity index is 1170. The maximum atomic E-state index is 9.74. The molecular weight excluding hydrogens is 338 g/mol. The molecule has 2 N–H and O–H groups in total. The quantitative estimate of drug-likeness (QED) is 0.547. The van der Waals surface area contributed by atoms with Crippen molar-refractivity contribution in [3.8, 4) is 39.8 Å². The number of benzene rings is 2. The third kappa shape index (κ3) is 2.98. The van der Waals surface area contributed by atoms with Crippen molar-refractivity contribution in [3.05, 3.63) is 66.5 Å². The van der Waals surface area contributed by atoms with Crippen LogP contribution < -0.4 is 4.74 Å². The van der Waals surface area contributed by atoms with Crippen LogP contribution in [0.25, 0.3) is 33.3 Å². The van der Waals surface area contributed by atoms with E-state index in [0.717, 1.165) is 39.0 Å². The lowest BCUT2D eigenvalue weighted by atomic mass is 10.0. The van der Waals surface area contributed by atoms with E-state index in [-0.39, 0.29) is 11.3 Å². The molecule has 0 spiro atoms. The molecule has 132 valence electrons. The molecule has 2 aromatic heterocycles. The minimum absolute atomic E-state index is 0.0248. The summed E-state index contributed by atoms with van der Waals surface area (Å²) in [6, 6.07) is 16.9. The molecule has 0 amide bonds. The number of phenolic OH excluding ortho intramolecular Hbond substituents is 1. The number of rotatable bonds is 4. The molecule has 2 aromatic carbocycles. The number of hydrogen-bond donors (Lipinski definition) is 2. The molecule has 5 nitrogen and oxygen atoms in total. The molecule has 2 heterocycles. The summed E-state index contributed by atoms with van der Waals surface area (Å²) in [6.45, 7) is 2.55. The molecule has 0 aliphatic heterocycles. The summed E-state index contributed by atoms with van der Waals surface area (Å²) in [5.41, 5.74) is 4.70. The first kappa shape index (κ1) is 16.7. The highest BCUT2D eigenvalue weighted by molar-refractivity contribution is 5.97. The number of nitrogens with zero attached hydrogens (tertiary/aromatic N) is 2. The van der Waals surface area contributed by atoms with Gasteiger partial charge in [0.15, 0.2) is 0 Å². The van der Waals surface area contributed by atoms with Crippen molar-refractivity contribution in [1.82, 2.24) is 9.97 Å². The Morgan fingerprint density at radius 3 is 2.78 bits per heavy atom. The summed E-state index contributed by atoms with van der Waals surface area (Å²) >= 11 is 0. The molecule has 0 aliphatic rings. The third-order valence-corrected chi connectivity index (χ3v) is 4.46. The second-order valence-corrected chi connectivity index (χ2v) is 6.10. The van der Waals surface area contributed by atoms with Gasteiger partial charge in [-0.2, -0.15) is 5.26 Å². The van der Waals surface area contributed by atoms with Gasteiger partial charge in [0, 0.05) is 34.5 Å². The van der Waals surface area contributed by atoms with E-state index < -0.39 is 0 Å². The van der Waals surface area contributed by atoms with Crippen molar-refractivity contribution in [3.63, 3.8) is 0 Å². The van der Waals surface area contributed by atoms with Crippen LogP contribution in [0.5, 0.6) is 11.5 Å². The van der Waals surface area contributed by atoms with Crippen molar-refractivity contribution < 1.29 is 9.84 Å². The molecule has 0 saturated heterocycles. The largest absolute Gasteiger partial charge is 0.507 e. The zero-order chi connectivity index (χ0) is 18.8. The van der Waals surface area contributed by atoms with Crippen molar-refractivity contribution in [2.45, 2.75) is 6.92 Å². The molecule has 0 saturated carbocycles. The van der Waals surface area contributed by atoms with Gasteiger partial charge < -0.3 is 14.8 Å². The molecule has 5 heteroatoms. The zero-order valence-corrected chi connectivity index (χ0v) is 14.7. The monoisotopic (exact) mass is 355 g/mol. The van der Waals surface area contributed by atoms with E-state index in [1.807, 2.05) is 49.5 Å². The molecule has 27 heavy (non-hydrogen) atoms. The van der Waals surface area contributed by atoms with E-state index in [9.17, 15) is 5.11 Å². The fourth-order valence-corrected chi connectivity index (χ4v) is 3.16.